The number of nitrogens with zero attached hydrogens (tertiary/aromatic N) is 1. The number of carbonyl (C=O) groups excluding carboxylic acids is 1. The number of anilines is 1. The van der Waals surface area contributed by atoms with Gasteiger partial charge in [0.2, 0.25) is 10.0 Å². The molecule has 1 aromatic heterocycles. The summed E-state index contributed by atoms with van der Waals surface area (Å²) in [5.41, 5.74) is 10.4. The number of rotatable bonds is 13. The number of nitrogens with two attached hydrogens (primary N) is 1. The van der Waals surface area contributed by atoms with Gasteiger partial charge in [0.05, 0.1) is 30.7 Å². The van der Waals surface area contributed by atoms with Gasteiger partial charge in [0.15, 0.2) is 0 Å². The van der Waals surface area contributed by atoms with E-state index in [0.29, 0.717) is 42.1 Å². The summed E-state index contributed by atoms with van der Waals surface area (Å²) in [6, 6.07) is 19.3. The highest BCUT2D eigenvalue weighted by atomic mass is 32.2. The van der Waals surface area contributed by atoms with E-state index in [4.69, 9.17) is 14.9 Å². The van der Waals surface area contributed by atoms with Crippen molar-refractivity contribution < 1.29 is 26.8 Å². The zero-order valence-electron chi connectivity index (χ0n) is 22.9. The van der Waals surface area contributed by atoms with Gasteiger partial charge in [-0.25, -0.2) is 12.8 Å². The molecule has 5 rings (SSSR count). The second kappa shape index (κ2) is 11.9. The minimum Gasteiger partial charge on any atom is -0.460 e. The molecule has 1 heterocycles. The number of ether oxygens (including phenoxy) is 1. The predicted molar refractivity (Wildman–Crippen MR) is 158 cm³/mol. The topological polar surface area (TPSA) is 103 Å². The van der Waals surface area contributed by atoms with E-state index in [0.717, 1.165) is 35.1 Å². The lowest BCUT2D eigenvalue weighted by atomic mass is 10.0. The summed E-state index contributed by atoms with van der Waals surface area (Å²) in [5.74, 6) is -0.472. The van der Waals surface area contributed by atoms with Crippen molar-refractivity contribution in [3.63, 3.8) is 0 Å². The van der Waals surface area contributed by atoms with Crippen LogP contribution in [0, 0.1) is 5.82 Å². The Bertz CT molecular complexity index is 1680. The number of furan rings is 1. The van der Waals surface area contributed by atoms with Gasteiger partial charge in [0, 0.05) is 24.4 Å². The van der Waals surface area contributed by atoms with Crippen LogP contribution in [0.25, 0.3) is 11.0 Å². The summed E-state index contributed by atoms with van der Waals surface area (Å²) < 4.78 is 52.8. The molecular formula is C32H33FN2O5S. The van der Waals surface area contributed by atoms with E-state index in [1.807, 2.05) is 36.4 Å². The van der Waals surface area contributed by atoms with Crippen molar-refractivity contribution in [3.05, 3.63) is 113 Å². The van der Waals surface area contributed by atoms with E-state index in [1.54, 1.807) is 18.2 Å². The van der Waals surface area contributed by atoms with Gasteiger partial charge in [-0.05, 0) is 60.1 Å². The molecule has 9 heteroatoms. The minimum absolute atomic E-state index is 0.173. The fourth-order valence-corrected chi connectivity index (χ4v) is 5.94. The molecule has 1 aliphatic carbocycles. The standard InChI is InChI=1S/C32H33FN2O5S/c1-21(19-39-20-23-6-4-3-5-7-23)14-15-35(41(2,37)38)28-18-29-27(17-26(28)24-10-11-24)31(32(34)36)30(40-29)16-22-8-12-25(33)13-9-22/h3-9,12-13,17-18,24H,1,10-11,14-16,19-20H2,2H3,(H2,34,36). The number of benzene rings is 3. The first kappa shape index (κ1) is 28.6. The van der Waals surface area contributed by atoms with Crippen LogP contribution in [0.5, 0.6) is 0 Å². The summed E-state index contributed by atoms with van der Waals surface area (Å²) >= 11 is 0. The number of carbonyl (C=O) groups is 1. The second-order valence-electron chi connectivity index (χ2n) is 10.6. The summed E-state index contributed by atoms with van der Waals surface area (Å²) in [7, 11) is -3.66. The fraction of sp³-hybridized carbons (Fsp3) is 0.281. The molecular weight excluding hydrogens is 543 g/mol. The Kier molecular flexibility index (Phi) is 8.28. The lowest BCUT2D eigenvalue weighted by Gasteiger charge is -2.25. The van der Waals surface area contributed by atoms with Crippen molar-refractivity contribution in [3.8, 4) is 0 Å². The zero-order chi connectivity index (χ0) is 29.1. The third kappa shape index (κ3) is 6.86. The Morgan fingerprint density at radius 1 is 1.10 bits per heavy atom. The smallest absolute Gasteiger partial charge is 0.252 e. The summed E-state index contributed by atoms with van der Waals surface area (Å²) in [6.45, 7) is 5.03. The first-order valence-corrected chi connectivity index (χ1v) is 15.3. The number of hydrogen-bond acceptors (Lipinski definition) is 5. The number of amides is 1. The highest BCUT2D eigenvalue weighted by molar-refractivity contribution is 7.92. The molecule has 0 radical (unpaired) electrons. The third-order valence-corrected chi connectivity index (χ3v) is 8.39. The van der Waals surface area contributed by atoms with E-state index in [2.05, 4.69) is 6.58 Å². The molecule has 1 aliphatic rings. The maximum atomic E-state index is 13.4. The average Bonchev–Trinajstić information content (AvgIpc) is 3.70. The van der Waals surface area contributed by atoms with Crippen molar-refractivity contribution >= 4 is 32.6 Å². The van der Waals surface area contributed by atoms with E-state index in [9.17, 15) is 17.6 Å². The van der Waals surface area contributed by atoms with Crippen molar-refractivity contribution in [1.82, 2.24) is 0 Å². The second-order valence-corrected chi connectivity index (χ2v) is 12.5. The predicted octanol–water partition coefficient (Wildman–Crippen LogP) is 6.07. The van der Waals surface area contributed by atoms with Gasteiger partial charge < -0.3 is 14.9 Å². The lowest BCUT2D eigenvalue weighted by molar-refractivity contribution is 0.1000. The minimum atomic E-state index is -3.66. The van der Waals surface area contributed by atoms with Crippen LogP contribution < -0.4 is 10.0 Å². The molecule has 1 saturated carbocycles. The molecule has 0 unspecified atom stereocenters. The largest absolute Gasteiger partial charge is 0.460 e. The number of halogens is 1. The number of hydrogen-bond donors (Lipinski definition) is 1. The highest BCUT2D eigenvalue weighted by Gasteiger charge is 2.32. The quantitative estimate of drug-likeness (QED) is 0.195. The molecule has 3 aromatic carbocycles. The van der Waals surface area contributed by atoms with Gasteiger partial charge in [0.25, 0.3) is 5.91 Å². The van der Waals surface area contributed by atoms with Crippen molar-refractivity contribution in [2.24, 2.45) is 5.73 Å². The van der Waals surface area contributed by atoms with Crippen LogP contribution in [0.15, 0.2) is 83.3 Å². The van der Waals surface area contributed by atoms with Crippen molar-refractivity contribution in [2.45, 2.75) is 38.2 Å². The first-order valence-electron chi connectivity index (χ1n) is 13.5. The molecule has 7 nitrogen and oxygen atoms in total. The molecule has 0 saturated heterocycles. The summed E-state index contributed by atoms with van der Waals surface area (Å²) in [6.07, 6.45) is 3.66. The van der Waals surface area contributed by atoms with E-state index in [-0.39, 0.29) is 30.3 Å². The molecule has 214 valence electrons. The molecule has 0 aliphatic heterocycles. The monoisotopic (exact) mass is 576 g/mol. The van der Waals surface area contributed by atoms with Crippen molar-refractivity contribution in [1.29, 1.82) is 0 Å². The van der Waals surface area contributed by atoms with E-state index >= 15 is 0 Å². The maximum absolute atomic E-state index is 13.4. The zero-order valence-corrected chi connectivity index (χ0v) is 23.8. The SMILES string of the molecule is C=C(CCN(c1cc2oc(Cc3ccc(F)cc3)c(C(N)=O)c2cc1C1CC1)S(C)(=O)=O)COCc1ccccc1. The highest BCUT2D eigenvalue weighted by Crippen LogP contribution is 2.47. The number of primary amides is 1. The van der Waals surface area contributed by atoms with E-state index in [1.165, 1.54) is 22.7 Å². The van der Waals surface area contributed by atoms with Crippen LogP contribution in [-0.2, 0) is 27.8 Å². The van der Waals surface area contributed by atoms with E-state index < -0.39 is 15.9 Å². The summed E-state index contributed by atoms with van der Waals surface area (Å²) in [4.78, 5) is 12.5. The molecule has 0 atom stereocenters. The number of sulfonamides is 1. The molecule has 1 fully saturated rings. The van der Waals surface area contributed by atoms with Gasteiger partial charge in [-0.15, -0.1) is 0 Å². The van der Waals surface area contributed by atoms with Crippen LogP contribution >= 0.6 is 0 Å². The first-order chi connectivity index (χ1) is 19.6. The van der Waals surface area contributed by atoms with Crippen molar-refractivity contribution in [2.75, 3.05) is 23.7 Å². The Labute approximate surface area is 239 Å². The van der Waals surface area contributed by atoms with Crippen LogP contribution in [0.3, 0.4) is 0 Å². The van der Waals surface area contributed by atoms with Gasteiger partial charge in [0.1, 0.15) is 17.2 Å². The van der Waals surface area contributed by atoms with Gasteiger partial charge >= 0.3 is 0 Å². The molecule has 41 heavy (non-hydrogen) atoms. The Morgan fingerprint density at radius 3 is 2.44 bits per heavy atom. The maximum Gasteiger partial charge on any atom is 0.252 e. The van der Waals surface area contributed by atoms with Crippen LogP contribution in [0.4, 0.5) is 10.1 Å². The molecule has 4 aromatic rings. The third-order valence-electron chi connectivity index (χ3n) is 7.21. The van der Waals surface area contributed by atoms with Gasteiger partial charge in [-0.3, -0.25) is 9.10 Å². The Hall–Kier alpha value is -3.95. The molecule has 2 N–H and O–H groups in total. The summed E-state index contributed by atoms with van der Waals surface area (Å²) in [5, 5.41) is 0.549. The van der Waals surface area contributed by atoms with Crippen LogP contribution in [0.2, 0.25) is 0 Å². The molecule has 0 spiro atoms. The Morgan fingerprint density at radius 2 is 1.80 bits per heavy atom. The van der Waals surface area contributed by atoms with Crippen LogP contribution in [0.1, 0.15) is 58.0 Å². The fourth-order valence-electron chi connectivity index (χ4n) is 5.00. The molecule has 1 amide bonds. The normalized spacial score (nSPS) is 13.4. The van der Waals surface area contributed by atoms with Gasteiger partial charge in [-0.2, -0.15) is 0 Å². The Balaban J connectivity index is 1.42. The number of fused-ring (bicyclic) bond motifs is 1. The van der Waals surface area contributed by atoms with Gasteiger partial charge in [-0.1, -0.05) is 54.6 Å². The molecule has 0 bridgehead atoms. The van der Waals surface area contributed by atoms with Crippen LogP contribution in [-0.4, -0.2) is 33.7 Å². The average molecular weight is 577 g/mol. The lowest BCUT2D eigenvalue weighted by Crippen LogP contribution is -2.32.